The van der Waals surface area contributed by atoms with Gasteiger partial charge in [0.25, 0.3) is 0 Å². The number of hydrogen-bond donors (Lipinski definition) is 1. The number of benzene rings is 2. The lowest BCUT2D eigenvalue weighted by atomic mass is 10.0. The van der Waals surface area contributed by atoms with E-state index in [0.29, 0.717) is 6.04 Å². The highest BCUT2D eigenvalue weighted by atomic mass is 15.2. The SMILES string of the molecule is Cc1cc(N(C)C)ccc1NC1CCCN(Cc2ccccc2)C1. The number of nitrogens with one attached hydrogen (secondary N) is 1. The first kappa shape index (κ1) is 16.8. The molecule has 1 atom stereocenters. The van der Waals surface area contributed by atoms with E-state index in [-0.39, 0.29) is 0 Å². The minimum Gasteiger partial charge on any atom is -0.381 e. The molecule has 24 heavy (non-hydrogen) atoms. The molecule has 1 unspecified atom stereocenters. The molecule has 1 heterocycles. The van der Waals surface area contributed by atoms with Crippen LogP contribution in [0.5, 0.6) is 0 Å². The average molecular weight is 323 g/mol. The summed E-state index contributed by atoms with van der Waals surface area (Å²) in [5, 5.41) is 3.77. The van der Waals surface area contributed by atoms with Crippen LogP contribution in [0.1, 0.15) is 24.0 Å². The van der Waals surface area contributed by atoms with Crippen LogP contribution in [-0.4, -0.2) is 38.1 Å². The van der Waals surface area contributed by atoms with Crippen molar-refractivity contribution in [1.82, 2.24) is 4.90 Å². The summed E-state index contributed by atoms with van der Waals surface area (Å²) < 4.78 is 0. The predicted octanol–water partition coefficient (Wildman–Crippen LogP) is 4.14. The highest BCUT2D eigenvalue weighted by Crippen LogP contribution is 2.24. The van der Waals surface area contributed by atoms with Gasteiger partial charge in [0, 0.05) is 44.6 Å². The van der Waals surface area contributed by atoms with E-state index in [2.05, 4.69) is 84.7 Å². The van der Waals surface area contributed by atoms with Crippen LogP contribution in [0.15, 0.2) is 48.5 Å². The number of rotatable bonds is 5. The van der Waals surface area contributed by atoms with Gasteiger partial charge < -0.3 is 10.2 Å². The van der Waals surface area contributed by atoms with Crippen molar-refractivity contribution in [2.24, 2.45) is 0 Å². The third kappa shape index (κ3) is 4.30. The van der Waals surface area contributed by atoms with Crippen LogP contribution in [0.4, 0.5) is 11.4 Å². The number of nitrogens with zero attached hydrogens (tertiary/aromatic N) is 2. The van der Waals surface area contributed by atoms with Crippen LogP contribution >= 0.6 is 0 Å². The molecule has 3 nitrogen and oxygen atoms in total. The molecule has 128 valence electrons. The normalized spacial score (nSPS) is 18.4. The summed E-state index contributed by atoms with van der Waals surface area (Å²) in [6.07, 6.45) is 2.51. The molecule has 1 aliphatic heterocycles. The molecule has 1 fully saturated rings. The second-order valence-corrected chi connectivity index (χ2v) is 7.10. The van der Waals surface area contributed by atoms with Gasteiger partial charge >= 0.3 is 0 Å². The first-order valence-corrected chi connectivity index (χ1v) is 8.92. The highest BCUT2D eigenvalue weighted by Gasteiger charge is 2.20. The van der Waals surface area contributed by atoms with Crippen LogP contribution < -0.4 is 10.2 Å². The maximum absolute atomic E-state index is 3.77. The van der Waals surface area contributed by atoms with Crippen molar-refractivity contribution >= 4 is 11.4 Å². The Morgan fingerprint density at radius 1 is 1.12 bits per heavy atom. The molecule has 1 saturated heterocycles. The maximum Gasteiger partial charge on any atom is 0.0389 e. The van der Waals surface area contributed by atoms with E-state index in [9.17, 15) is 0 Å². The number of aryl methyl sites for hydroxylation is 1. The maximum atomic E-state index is 3.77. The zero-order chi connectivity index (χ0) is 16.9. The molecule has 0 spiro atoms. The van der Waals surface area contributed by atoms with Crippen LogP contribution in [0.2, 0.25) is 0 Å². The van der Waals surface area contributed by atoms with E-state index < -0.39 is 0 Å². The van der Waals surface area contributed by atoms with Gasteiger partial charge in [0.05, 0.1) is 0 Å². The first-order chi connectivity index (χ1) is 11.6. The first-order valence-electron chi connectivity index (χ1n) is 8.92. The smallest absolute Gasteiger partial charge is 0.0389 e. The summed E-state index contributed by atoms with van der Waals surface area (Å²) in [5.74, 6) is 0. The summed E-state index contributed by atoms with van der Waals surface area (Å²) >= 11 is 0. The summed E-state index contributed by atoms with van der Waals surface area (Å²) in [5.41, 5.74) is 5.26. The number of likely N-dealkylation sites (tertiary alicyclic amines) is 1. The van der Waals surface area contributed by atoms with Crippen molar-refractivity contribution in [3.63, 3.8) is 0 Å². The Bertz CT molecular complexity index is 651. The van der Waals surface area contributed by atoms with Crippen molar-refractivity contribution in [2.45, 2.75) is 32.4 Å². The third-order valence-corrected chi connectivity index (χ3v) is 4.84. The minimum atomic E-state index is 0.534. The van der Waals surface area contributed by atoms with Crippen molar-refractivity contribution in [2.75, 3.05) is 37.4 Å². The Balaban J connectivity index is 1.61. The van der Waals surface area contributed by atoms with Gasteiger partial charge in [0.2, 0.25) is 0 Å². The van der Waals surface area contributed by atoms with E-state index in [4.69, 9.17) is 0 Å². The molecule has 1 N–H and O–H groups in total. The molecular weight excluding hydrogens is 294 g/mol. The van der Waals surface area contributed by atoms with Gasteiger partial charge in [-0.25, -0.2) is 0 Å². The van der Waals surface area contributed by atoms with E-state index in [1.165, 1.54) is 41.9 Å². The Labute approximate surface area is 146 Å². The molecule has 3 rings (SSSR count). The molecular formula is C21H29N3. The van der Waals surface area contributed by atoms with Crippen molar-refractivity contribution in [1.29, 1.82) is 0 Å². The molecule has 0 aromatic heterocycles. The van der Waals surface area contributed by atoms with Gasteiger partial charge in [0.15, 0.2) is 0 Å². The zero-order valence-electron chi connectivity index (χ0n) is 15.1. The summed E-state index contributed by atoms with van der Waals surface area (Å²) in [4.78, 5) is 4.72. The lowest BCUT2D eigenvalue weighted by molar-refractivity contribution is 0.208. The fourth-order valence-corrected chi connectivity index (χ4v) is 3.47. The summed E-state index contributed by atoms with van der Waals surface area (Å²) in [6, 6.07) is 18.0. The number of piperidine rings is 1. The standard InChI is InChI=1S/C21H29N3/c1-17-14-20(23(2)3)11-12-21(17)22-19-10-7-13-24(16-19)15-18-8-5-4-6-9-18/h4-6,8-9,11-12,14,19,22H,7,10,13,15-16H2,1-3H3. The van der Waals surface area contributed by atoms with Gasteiger partial charge in [0.1, 0.15) is 0 Å². The van der Waals surface area contributed by atoms with Gasteiger partial charge in [-0.05, 0) is 55.6 Å². The Morgan fingerprint density at radius 2 is 1.92 bits per heavy atom. The highest BCUT2D eigenvalue weighted by molar-refractivity contribution is 5.60. The molecule has 0 saturated carbocycles. The van der Waals surface area contributed by atoms with E-state index >= 15 is 0 Å². The Hall–Kier alpha value is -2.00. The van der Waals surface area contributed by atoms with Crippen molar-refractivity contribution < 1.29 is 0 Å². The van der Waals surface area contributed by atoms with Crippen molar-refractivity contribution in [3.8, 4) is 0 Å². The Kier molecular flexibility index (Phi) is 5.41. The van der Waals surface area contributed by atoms with Crippen LogP contribution in [0, 0.1) is 6.92 Å². The van der Waals surface area contributed by atoms with Crippen LogP contribution in [0.3, 0.4) is 0 Å². The van der Waals surface area contributed by atoms with E-state index in [1.807, 2.05) is 0 Å². The molecule has 2 aromatic rings. The lowest BCUT2D eigenvalue weighted by Gasteiger charge is -2.34. The zero-order valence-corrected chi connectivity index (χ0v) is 15.1. The Morgan fingerprint density at radius 3 is 2.62 bits per heavy atom. The molecule has 3 heteroatoms. The lowest BCUT2D eigenvalue weighted by Crippen LogP contribution is -2.41. The van der Waals surface area contributed by atoms with Crippen molar-refractivity contribution in [3.05, 3.63) is 59.7 Å². The van der Waals surface area contributed by atoms with Gasteiger partial charge in [-0.2, -0.15) is 0 Å². The fourth-order valence-electron chi connectivity index (χ4n) is 3.47. The van der Waals surface area contributed by atoms with Crippen LogP contribution in [-0.2, 0) is 6.54 Å². The third-order valence-electron chi connectivity index (χ3n) is 4.84. The van der Waals surface area contributed by atoms with Gasteiger partial charge in [-0.15, -0.1) is 0 Å². The predicted molar refractivity (Wildman–Crippen MR) is 104 cm³/mol. The molecule has 0 aliphatic carbocycles. The quantitative estimate of drug-likeness (QED) is 0.892. The van der Waals surface area contributed by atoms with Gasteiger partial charge in [-0.3, -0.25) is 4.90 Å². The van der Waals surface area contributed by atoms with E-state index in [0.717, 1.165) is 13.1 Å². The largest absolute Gasteiger partial charge is 0.381 e. The molecule has 0 bridgehead atoms. The molecule has 1 aliphatic rings. The molecule has 0 radical (unpaired) electrons. The molecule has 0 amide bonds. The van der Waals surface area contributed by atoms with Crippen LogP contribution in [0.25, 0.3) is 0 Å². The van der Waals surface area contributed by atoms with Gasteiger partial charge in [-0.1, -0.05) is 30.3 Å². The second-order valence-electron chi connectivity index (χ2n) is 7.10. The summed E-state index contributed by atoms with van der Waals surface area (Å²) in [6.45, 7) is 5.56. The average Bonchev–Trinajstić information content (AvgIpc) is 2.58. The summed E-state index contributed by atoms with van der Waals surface area (Å²) in [7, 11) is 4.18. The van der Waals surface area contributed by atoms with E-state index in [1.54, 1.807) is 0 Å². The minimum absolute atomic E-state index is 0.534. The fraction of sp³-hybridized carbons (Fsp3) is 0.429. The number of anilines is 2. The second kappa shape index (κ2) is 7.71. The molecule has 2 aromatic carbocycles. The topological polar surface area (TPSA) is 18.5 Å². The monoisotopic (exact) mass is 323 g/mol. The number of hydrogen-bond acceptors (Lipinski definition) is 3.